The fourth-order valence-corrected chi connectivity index (χ4v) is 10.5. The molecule has 2 aromatic carbocycles. The molecule has 1 unspecified atom stereocenters. The third kappa shape index (κ3) is 16.6. The van der Waals surface area contributed by atoms with Crippen LogP contribution in [0, 0.1) is 12.8 Å². The molecule has 0 aliphatic carbocycles. The third-order valence-corrected chi connectivity index (χ3v) is 15.9. The number of epoxide rings is 1. The number of ether oxygens (including phenoxy) is 6. The van der Waals surface area contributed by atoms with E-state index in [2.05, 4.69) is 38.4 Å². The molecule has 0 radical (unpaired) electrons. The van der Waals surface area contributed by atoms with E-state index in [1.807, 2.05) is 63.4 Å². The van der Waals surface area contributed by atoms with E-state index in [0.29, 0.717) is 30.2 Å². The number of aromatic nitrogens is 1. The van der Waals surface area contributed by atoms with Crippen LogP contribution in [0.4, 0.5) is 10.5 Å². The number of aryl methyl sites for hydroxylation is 2. The molecule has 1 aromatic heterocycles. The second kappa shape index (κ2) is 28.5. The number of alkyl carbamates (subject to hydrolysis) is 1. The van der Waals surface area contributed by atoms with Crippen LogP contribution in [0.15, 0.2) is 66.3 Å². The number of benzene rings is 2. The van der Waals surface area contributed by atoms with Gasteiger partial charge in [-0.15, -0.1) is 0 Å². The maximum atomic E-state index is 14.3. The van der Waals surface area contributed by atoms with Gasteiger partial charge in [0, 0.05) is 70.8 Å². The largest absolute Gasteiger partial charge is 0.457 e. The summed E-state index contributed by atoms with van der Waals surface area (Å²) in [5.41, 5.74) is 7.35. The predicted molar refractivity (Wildman–Crippen MR) is 303 cm³/mol. The van der Waals surface area contributed by atoms with Gasteiger partial charge in [-0.3, -0.25) is 29.3 Å². The van der Waals surface area contributed by atoms with E-state index >= 15 is 0 Å². The van der Waals surface area contributed by atoms with Crippen molar-refractivity contribution < 1.29 is 67.1 Å². The molecule has 23 heteroatoms. The number of hydrogen-bond acceptors (Lipinski definition) is 15. The van der Waals surface area contributed by atoms with E-state index in [1.54, 1.807) is 33.0 Å². The Morgan fingerprint density at radius 1 is 1.04 bits per heavy atom. The first kappa shape index (κ1) is 63.8. The molecule has 0 saturated carbocycles. The van der Waals surface area contributed by atoms with E-state index in [1.165, 1.54) is 30.9 Å². The molecule has 4 heterocycles. The van der Waals surface area contributed by atoms with Crippen LogP contribution in [0.5, 0.6) is 0 Å². The number of rotatable bonds is 23. The Bertz CT molecular complexity index is 2820. The molecular formula is C58H81ClN8O14. The van der Waals surface area contributed by atoms with Crippen molar-refractivity contribution >= 4 is 69.8 Å². The van der Waals surface area contributed by atoms with Gasteiger partial charge >= 0.3 is 12.1 Å². The zero-order chi connectivity index (χ0) is 59.3. The summed E-state index contributed by atoms with van der Waals surface area (Å²) in [5, 5.41) is 21.1. The first-order valence-electron chi connectivity index (χ1n) is 27.4. The summed E-state index contributed by atoms with van der Waals surface area (Å²) in [6, 6.07) is 11.5. The number of amides is 6. The van der Waals surface area contributed by atoms with Crippen molar-refractivity contribution in [1.82, 2.24) is 30.3 Å². The minimum atomic E-state index is -1.86. The highest BCUT2D eigenvalue weighted by atomic mass is 35.5. The van der Waals surface area contributed by atoms with Gasteiger partial charge in [0.2, 0.25) is 29.5 Å². The molecule has 2 fully saturated rings. The van der Waals surface area contributed by atoms with Crippen molar-refractivity contribution in [2.75, 3.05) is 72.7 Å². The van der Waals surface area contributed by atoms with Crippen molar-refractivity contribution in [3.05, 3.63) is 88.1 Å². The van der Waals surface area contributed by atoms with Gasteiger partial charge in [-0.05, 0) is 82.4 Å². The lowest BCUT2D eigenvalue weighted by molar-refractivity contribution is -0.162. The third-order valence-electron chi connectivity index (χ3n) is 15.4. The number of primary amides is 1. The molecule has 6 N–H and O–H groups in total. The summed E-state index contributed by atoms with van der Waals surface area (Å²) < 4.78 is 37.2. The van der Waals surface area contributed by atoms with Gasteiger partial charge < -0.3 is 69.2 Å². The van der Waals surface area contributed by atoms with Crippen LogP contribution >= 0.6 is 11.6 Å². The Morgan fingerprint density at radius 3 is 2.46 bits per heavy atom. The number of methoxy groups -OCH3 is 1. The number of halogens is 1. The summed E-state index contributed by atoms with van der Waals surface area (Å²) in [7, 11) is 6.48. The Labute approximate surface area is 478 Å². The normalized spacial score (nSPS) is 24.9. The molecular weight excluding hydrogens is 1070 g/mol. The van der Waals surface area contributed by atoms with Crippen LogP contribution < -0.4 is 26.6 Å². The van der Waals surface area contributed by atoms with E-state index < -0.39 is 102 Å². The molecule has 9 atom stereocenters. The van der Waals surface area contributed by atoms with Gasteiger partial charge in [0.1, 0.15) is 36.0 Å². The molecule has 81 heavy (non-hydrogen) atoms. The number of anilines is 1. The number of nitrogens with one attached hydrogen (secondary N) is 3. The van der Waals surface area contributed by atoms with Gasteiger partial charge in [0.05, 0.1) is 62.5 Å². The number of esters is 1. The highest BCUT2D eigenvalue weighted by molar-refractivity contribution is 6.34. The van der Waals surface area contributed by atoms with Gasteiger partial charge in [-0.1, -0.05) is 73.5 Å². The average Bonchev–Trinajstić information content (AvgIpc) is 4.02. The summed E-state index contributed by atoms with van der Waals surface area (Å²) in [6.45, 7) is 13.1. The minimum Gasteiger partial charge on any atom is -0.457 e. The smallest absolute Gasteiger partial charge is 0.409 e. The van der Waals surface area contributed by atoms with Crippen LogP contribution in [-0.2, 0) is 76.7 Å². The molecule has 6 amide bonds. The number of likely N-dealkylation sites (N-methyl/N-ethyl adjacent to an activating group) is 1. The Balaban J connectivity index is 0.990. The summed E-state index contributed by atoms with van der Waals surface area (Å²) in [5.74, 6) is -4.02. The van der Waals surface area contributed by atoms with Crippen molar-refractivity contribution in [2.45, 2.75) is 141 Å². The van der Waals surface area contributed by atoms with Crippen LogP contribution in [0.2, 0.25) is 5.02 Å². The number of fused-ring (bicyclic) bond motifs is 6. The number of aliphatic hydroxyl groups is 1. The number of carbonyl (C=O) groups is 7. The zero-order valence-corrected chi connectivity index (χ0v) is 49.0. The zero-order valence-electron chi connectivity index (χ0n) is 48.2. The lowest BCUT2D eigenvalue weighted by Gasteiger charge is -2.42. The van der Waals surface area contributed by atoms with Crippen LogP contribution in [-0.4, -0.2) is 177 Å². The Kier molecular flexibility index (Phi) is 22.5. The minimum absolute atomic E-state index is 0.0109. The molecule has 3 aromatic rings. The molecule has 3 aliphatic rings. The number of nitrogens with zero attached hydrogens (tertiary/aromatic N) is 4. The molecule has 0 spiro atoms. The highest BCUT2D eigenvalue weighted by Gasteiger charge is 2.64. The van der Waals surface area contributed by atoms with E-state index in [-0.39, 0.29) is 58.7 Å². The number of para-hydroxylation sites is 1. The van der Waals surface area contributed by atoms with Gasteiger partial charge in [-0.25, -0.2) is 9.59 Å². The van der Waals surface area contributed by atoms with Crippen molar-refractivity contribution in [2.24, 2.45) is 11.7 Å². The molecule has 2 saturated heterocycles. The lowest BCUT2D eigenvalue weighted by atomic mass is 9.83. The average molecular weight is 1150 g/mol. The van der Waals surface area contributed by atoms with Crippen molar-refractivity contribution in [3.63, 3.8) is 0 Å². The number of carbonyl (C=O) groups excluding carboxylic acids is 7. The van der Waals surface area contributed by atoms with Crippen molar-refractivity contribution in [1.29, 1.82) is 0 Å². The standard InChI is InChI=1S/C58H81ClN8O14/c1-11-64(7)34-41-30-40-16-12-13-17-43(40)67(41)22-19-49(69)62-42(31-48(60)68)54(72)61-21-24-78-26-25-77-23-20-50(70)65(8)38(5)55(73)80-47-32-51(71)66(9)44-29-39(28-36(3)52(44)59)27-35(2)15-14-18-46(76-10)58(75)33-45(79-56(74)63-58)37(4)53-57(47,6)81-53/h12-18,28-30,37-38,42,45-47,53,75H,11,19-27,31-34H2,1-10H3,(H2,60,68)(H,61,72)(H,62,69)(H,63,74)/b18-14+,35-15+/t37-,38+,42+,45+,46-,47+,53?,57+,58-/m1/s1. The second-order valence-electron chi connectivity index (χ2n) is 21.5. The van der Waals surface area contributed by atoms with Crippen LogP contribution in [0.3, 0.4) is 0 Å². The number of allylic oxidation sites excluding steroid dienone is 3. The number of hydrogen-bond donors (Lipinski definition) is 5. The fourth-order valence-electron chi connectivity index (χ4n) is 10.2. The molecule has 4 bridgehead atoms. The summed E-state index contributed by atoms with van der Waals surface area (Å²) in [6.07, 6.45) is 0.257. The second-order valence-corrected chi connectivity index (χ2v) is 21.9. The Hall–Kier alpha value is -6.40. The van der Waals surface area contributed by atoms with Crippen LogP contribution in [0.25, 0.3) is 10.9 Å². The highest BCUT2D eigenvalue weighted by Crippen LogP contribution is 2.49. The summed E-state index contributed by atoms with van der Waals surface area (Å²) >= 11 is 6.83. The molecule has 6 rings (SSSR count). The van der Waals surface area contributed by atoms with Crippen LogP contribution in [0.1, 0.15) is 83.5 Å². The summed E-state index contributed by atoms with van der Waals surface area (Å²) in [4.78, 5) is 97.7. The molecule has 3 aliphatic heterocycles. The first-order chi connectivity index (χ1) is 38.4. The van der Waals surface area contributed by atoms with E-state index in [0.717, 1.165) is 39.8 Å². The van der Waals surface area contributed by atoms with E-state index in [4.69, 9.17) is 45.8 Å². The van der Waals surface area contributed by atoms with Gasteiger partial charge in [0.15, 0.2) is 5.72 Å². The van der Waals surface area contributed by atoms with E-state index in [9.17, 15) is 38.7 Å². The Morgan fingerprint density at radius 2 is 1.75 bits per heavy atom. The fraction of sp³-hybridized carbons (Fsp3) is 0.569. The quantitative estimate of drug-likeness (QED) is 0.0506. The maximum absolute atomic E-state index is 14.3. The number of nitrogens with two attached hydrogens (primary N) is 1. The topological polar surface area (TPSA) is 275 Å². The monoisotopic (exact) mass is 1150 g/mol. The van der Waals surface area contributed by atoms with Gasteiger partial charge in [0.25, 0.3) is 0 Å². The SMILES string of the molecule is CCN(C)Cc1cc2ccccc2n1CCC(=O)N[C@@H](CC(N)=O)C(=O)NCCOCCOCCC(=O)N(C)[C@@H](C)C(=O)O[C@H]1CC(=O)N(C)c2cc(cc(C)c2Cl)C/C(C)=C/C=C/[C@@H](OC)[C@]2(O)C[C@H](OC(=O)N2)[C@@H](C)C2O[C@]21C. The lowest BCUT2D eigenvalue weighted by Crippen LogP contribution is -2.63. The maximum Gasteiger partial charge on any atom is 0.409 e. The van der Waals surface area contributed by atoms with Crippen molar-refractivity contribution in [3.8, 4) is 0 Å². The first-order valence-corrected chi connectivity index (χ1v) is 27.8. The molecule has 22 nitrogen and oxygen atoms in total. The molecule has 444 valence electrons. The predicted octanol–water partition coefficient (Wildman–Crippen LogP) is 4.21. The van der Waals surface area contributed by atoms with Gasteiger partial charge in [-0.2, -0.15) is 0 Å².